The largest absolute Gasteiger partial charge is 0.489 e. The molecule has 1 aromatic rings. The number of rotatable bonds is 2. The van der Waals surface area contributed by atoms with Crippen LogP contribution in [0, 0.1) is 18.2 Å². The van der Waals surface area contributed by atoms with E-state index in [9.17, 15) is 4.39 Å². The van der Waals surface area contributed by atoms with Crippen LogP contribution in [0.4, 0.5) is 4.39 Å². The number of halogens is 1. The van der Waals surface area contributed by atoms with Gasteiger partial charge in [0.1, 0.15) is 17.7 Å². The summed E-state index contributed by atoms with van der Waals surface area (Å²) in [5, 5.41) is 0. The van der Waals surface area contributed by atoms with Gasteiger partial charge in [-0.1, -0.05) is 13.8 Å². The minimum atomic E-state index is -0.227. The first-order valence-electron chi connectivity index (χ1n) is 5.59. The molecule has 1 fully saturated rings. The van der Waals surface area contributed by atoms with Crippen molar-refractivity contribution in [2.24, 2.45) is 11.1 Å². The lowest BCUT2D eigenvalue weighted by atomic mass is 9.65. The molecule has 1 aromatic carbocycles. The first-order chi connectivity index (χ1) is 7.41. The smallest absolute Gasteiger partial charge is 0.123 e. The third-order valence-corrected chi connectivity index (χ3v) is 3.66. The Bertz CT molecular complexity index is 403. The molecular formula is C13H18FNO. The summed E-state index contributed by atoms with van der Waals surface area (Å²) in [6.45, 7) is 6.05. The third kappa shape index (κ3) is 1.80. The molecule has 2 unspecified atom stereocenters. The number of hydrogen-bond acceptors (Lipinski definition) is 2. The highest BCUT2D eigenvalue weighted by Crippen LogP contribution is 2.42. The van der Waals surface area contributed by atoms with Gasteiger partial charge in [0.05, 0.1) is 0 Å². The molecular weight excluding hydrogens is 205 g/mol. The quantitative estimate of drug-likeness (QED) is 0.836. The van der Waals surface area contributed by atoms with E-state index >= 15 is 0 Å². The molecule has 1 saturated carbocycles. The Balaban J connectivity index is 2.11. The molecule has 0 saturated heterocycles. The Morgan fingerprint density at radius 3 is 2.62 bits per heavy atom. The lowest BCUT2D eigenvalue weighted by molar-refractivity contribution is -0.0403. The van der Waals surface area contributed by atoms with Crippen LogP contribution in [0.15, 0.2) is 18.2 Å². The van der Waals surface area contributed by atoms with Gasteiger partial charge < -0.3 is 10.5 Å². The Hall–Kier alpha value is -1.09. The zero-order chi connectivity index (χ0) is 11.9. The molecule has 2 atom stereocenters. The molecule has 0 bridgehead atoms. The highest BCUT2D eigenvalue weighted by atomic mass is 19.1. The zero-order valence-electron chi connectivity index (χ0n) is 9.96. The van der Waals surface area contributed by atoms with Gasteiger partial charge in [0.15, 0.2) is 0 Å². The van der Waals surface area contributed by atoms with E-state index in [1.165, 1.54) is 12.1 Å². The number of hydrogen-bond donors (Lipinski definition) is 1. The summed E-state index contributed by atoms with van der Waals surface area (Å²) >= 11 is 0. The van der Waals surface area contributed by atoms with Crippen LogP contribution in [-0.2, 0) is 0 Å². The van der Waals surface area contributed by atoms with Crippen molar-refractivity contribution in [3.05, 3.63) is 29.6 Å². The summed E-state index contributed by atoms with van der Waals surface area (Å²) in [7, 11) is 0. The van der Waals surface area contributed by atoms with E-state index in [1.54, 1.807) is 6.07 Å². The Labute approximate surface area is 95.6 Å². The lowest BCUT2D eigenvalue weighted by Crippen LogP contribution is -2.60. The van der Waals surface area contributed by atoms with E-state index < -0.39 is 0 Å². The minimum absolute atomic E-state index is 0.000820. The molecule has 0 aliphatic heterocycles. The van der Waals surface area contributed by atoms with Crippen LogP contribution < -0.4 is 10.5 Å². The SMILES string of the molecule is Cc1cc(F)ccc1OC1CC(N)C1(C)C. The van der Waals surface area contributed by atoms with Gasteiger partial charge in [-0.15, -0.1) is 0 Å². The van der Waals surface area contributed by atoms with E-state index in [4.69, 9.17) is 10.5 Å². The van der Waals surface area contributed by atoms with Gasteiger partial charge in [-0.3, -0.25) is 0 Å². The molecule has 0 aromatic heterocycles. The summed E-state index contributed by atoms with van der Waals surface area (Å²) in [4.78, 5) is 0. The molecule has 88 valence electrons. The van der Waals surface area contributed by atoms with Gasteiger partial charge in [0.2, 0.25) is 0 Å². The normalized spacial score (nSPS) is 27.3. The molecule has 0 heterocycles. The fourth-order valence-corrected chi connectivity index (χ4v) is 2.01. The second-order valence-electron chi connectivity index (χ2n) is 5.18. The first kappa shape index (κ1) is 11.4. The molecule has 2 nitrogen and oxygen atoms in total. The maximum Gasteiger partial charge on any atom is 0.123 e. The van der Waals surface area contributed by atoms with Gasteiger partial charge in [-0.2, -0.15) is 0 Å². The monoisotopic (exact) mass is 223 g/mol. The van der Waals surface area contributed by atoms with Crippen LogP contribution in [0.2, 0.25) is 0 Å². The van der Waals surface area contributed by atoms with Crippen LogP contribution in [0.3, 0.4) is 0 Å². The van der Waals surface area contributed by atoms with Crippen LogP contribution in [0.25, 0.3) is 0 Å². The summed E-state index contributed by atoms with van der Waals surface area (Å²) in [5.41, 5.74) is 6.75. The fourth-order valence-electron chi connectivity index (χ4n) is 2.01. The van der Waals surface area contributed by atoms with Gasteiger partial charge in [-0.05, 0) is 30.7 Å². The van der Waals surface area contributed by atoms with Crippen molar-refractivity contribution in [1.29, 1.82) is 0 Å². The van der Waals surface area contributed by atoms with Crippen LogP contribution in [-0.4, -0.2) is 12.1 Å². The van der Waals surface area contributed by atoms with E-state index in [0.29, 0.717) is 0 Å². The predicted molar refractivity (Wildman–Crippen MR) is 61.9 cm³/mol. The van der Waals surface area contributed by atoms with Crippen molar-refractivity contribution < 1.29 is 9.13 Å². The molecule has 1 aliphatic rings. The summed E-state index contributed by atoms with van der Waals surface area (Å²) in [6.07, 6.45) is 0.996. The molecule has 3 heteroatoms. The molecule has 0 radical (unpaired) electrons. The second-order valence-corrected chi connectivity index (χ2v) is 5.18. The van der Waals surface area contributed by atoms with E-state index in [2.05, 4.69) is 13.8 Å². The van der Waals surface area contributed by atoms with Crippen molar-refractivity contribution >= 4 is 0 Å². The van der Waals surface area contributed by atoms with Gasteiger partial charge >= 0.3 is 0 Å². The van der Waals surface area contributed by atoms with E-state index in [1.807, 2.05) is 6.92 Å². The molecule has 1 aliphatic carbocycles. The first-order valence-corrected chi connectivity index (χ1v) is 5.59. The second kappa shape index (κ2) is 3.74. The maximum atomic E-state index is 12.9. The van der Waals surface area contributed by atoms with Crippen molar-refractivity contribution in [1.82, 2.24) is 0 Å². The zero-order valence-corrected chi connectivity index (χ0v) is 9.96. The maximum absolute atomic E-state index is 12.9. The Morgan fingerprint density at radius 1 is 1.44 bits per heavy atom. The van der Waals surface area contributed by atoms with Gasteiger partial charge in [0, 0.05) is 17.9 Å². The summed E-state index contributed by atoms with van der Waals surface area (Å²) in [5.74, 6) is 0.529. The average molecular weight is 223 g/mol. The van der Waals surface area contributed by atoms with E-state index in [0.717, 1.165) is 17.7 Å². The molecule has 0 spiro atoms. The number of benzene rings is 1. The van der Waals surface area contributed by atoms with Crippen molar-refractivity contribution in [2.45, 2.75) is 39.3 Å². The molecule has 2 N–H and O–H groups in total. The standard InChI is InChI=1S/C13H18FNO/c1-8-6-9(14)4-5-10(8)16-12-7-11(15)13(12,2)3/h4-6,11-12H,7,15H2,1-3H3. The average Bonchev–Trinajstić information content (AvgIpc) is 2.21. The van der Waals surface area contributed by atoms with Crippen molar-refractivity contribution in [2.75, 3.05) is 0 Å². The van der Waals surface area contributed by atoms with Crippen molar-refractivity contribution in [3.8, 4) is 5.75 Å². The highest BCUT2D eigenvalue weighted by molar-refractivity contribution is 5.33. The predicted octanol–water partition coefficient (Wildman–Crippen LogP) is 2.64. The van der Waals surface area contributed by atoms with Gasteiger partial charge in [-0.25, -0.2) is 4.39 Å². The topological polar surface area (TPSA) is 35.2 Å². The number of nitrogens with two attached hydrogens (primary N) is 1. The van der Waals surface area contributed by atoms with Crippen LogP contribution in [0.5, 0.6) is 5.75 Å². The summed E-state index contributed by atoms with van der Waals surface area (Å²) in [6, 6.07) is 4.79. The molecule has 16 heavy (non-hydrogen) atoms. The Morgan fingerprint density at radius 2 is 2.12 bits per heavy atom. The fraction of sp³-hybridized carbons (Fsp3) is 0.538. The molecule has 0 amide bonds. The Kier molecular flexibility index (Phi) is 2.66. The number of aryl methyl sites for hydroxylation is 1. The summed E-state index contributed by atoms with van der Waals surface area (Å²) < 4.78 is 18.8. The minimum Gasteiger partial charge on any atom is -0.489 e. The van der Waals surface area contributed by atoms with Crippen molar-refractivity contribution in [3.63, 3.8) is 0 Å². The third-order valence-electron chi connectivity index (χ3n) is 3.66. The lowest BCUT2D eigenvalue weighted by Gasteiger charge is -2.49. The highest BCUT2D eigenvalue weighted by Gasteiger charge is 2.48. The van der Waals surface area contributed by atoms with Crippen LogP contribution >= 0.6 is 0 Å². The molecule has 2 rings (SSSR count). The van der Waals surface area contributed by atoms with E-state index in [-0.39, 0.29) is 23.4 Å². The van der Waals surface area contributed by atoms with Crippen LogP contribution in [0.1, 0.15) is 25.8 Å². The van der Waals surface area contributed by atoms with Gasteiger partial charge in [0.25, 0.3) is 0 Å². The number of ether oxygens (including phenoxy) is 1.